The number of aromatic nitrogens is 1. The molecule has 0 atom stereocenters. The fourth-order valence-electron chi connectivity index (χ4n) is 4.62. The molecule has 4 rings (SSSR count). The first-order chi connectivity index (χ1) is 18.0. The molecule has 0 amide bonds. The molecule has 0 saturated heterocycles. The Morgan fingerprint density at radius 2 is 1.41 bits per heavy atom. The average molecular weight is 510 g/mol. The summed E-state index contributed by atoms with van der Waals surface area (Å²) < 4.78 is 41.6. The molecule has 3 aromatic carbocycles. The van der Waals surface area contributed by atoms with Crippen LogP contribution in [-0.2, 0) is 29.7 Å². The molecule has 0 fully saturated rings. The van der Waals surface area contributed by atoms with Gasteiger partial charge in [0, 0.05) is 19.7 Å². The largest absolute Gasteiger partial charge is 0.492 e. The molecule has 37 heavy (non-hydrogen) atoms. The molecule has 0 aliphatic heterocycles. The minimum Gasteiger partial charge on any atom is -0.492 e. The van der Waals surface area contributed by atoms with Crippen LogP contribution in [0.2, 0.25) is 0 Å². The second-order valence-electron chi connectivity index (χ2n) is 8.21. The minimum absolute atomic E-state index is 0.0569. The summed E-state index contributed by atoms with van der Waals surface area (Å²) >= 11 is 0. The van der Waals surface area contributed by atoms with Gasteiger partial charge in [-0.05, 0) is 17.7 Å². The van der Waals surface area contributed by atoms with Gasteiger partial charge in [0.1, 0.15) is 13.4 Å². The number of fused-ring (bicyclic) bond motifs is 2. The summed E-state index contributed by atoms with van der Waals surface area (Å²) in [7, 11) is 9.45. The van der Waals surface area contributed by atoms with Crippen molar-refractivity contribution in [3.05, 3.63) is 63.8 Å². The summed E-state index contributed by atoms with van der Waals surface area (Å²) in [6.45, 7) is 0.500. The van der Waals surface area contributed by atoms with Crippen molar-refractivity contribution < 1.29 is 33.2 Å². The van der Waals surface area contributed by atoms with Crippen molar-refractivity contribution in [1.29, 1.82) is 0 Å². The molecular formula is C28H31NO8. The van der Waals surface area contributed by atoms with Gasteiger partial charge in [-0.15, -0.1) is 0 Å². The van der Waals surface area contributed by atoms with Gasteiger partial charge in [0.15, 0.2) is 23.0 Å². The van der Waals surface area contributed by atoms with Crippen molar-refractivity contribution in [2.24, 2.45) is 7.05 Å². The first-order valence-corrected chi connectivity index (χ1v) is 11.6. The number of methoxy groups -OCH3 is 5. The van der Waals surface area contributed by atoms with E-state index >= 15 is 0 Å². The van der Waals surface area contributed by atoms with Gasteiger partial charge < -0.3 is 37.7 Å². The highest BCUT2D eigenvalue weighted by Gasteiger charge is 2.28. The summed E-state index contributed by atoms with van der Waals surface area (Å²) in [5.41, 5.74) is 2.48. The van der Waals surface area contributed by atoms with Crippen LogP contribution < -0.4 is 29.1 Å². The van der Waals surface area contributed by atoms with E-state index in [2.05, 4.69) is 0 Å². The highest BCUT2D eigenvalue weighted by atomic mass is 16.7. The summed E-state index contributed by atoms with van der Waals surface area (Å²) in [6.07, 6.45) is 0. The number of aryl methyl sites for hydroxylation is 1. The zero-order chi connectivity index (χ0) is 26.5. The van der Waals surface area contributed by atoms with Crippen molar-refractivity contribution in [3.8, 4) is 28.7 Å². The van der Waals surface area contributed by atoms with Crippen molar-refractivity contribution >= 4 is 21.8 Å². The van der Waals surface area contributed by atoms with Gasteiger partial charge >= 0.3 is 0 Å². The van der Waals surface area contributed by atoms with E-state index in [0.717, 1.165) is 5.56 Å². The van der Waals surface area contributed by atoms with Crippen LogP contribution >= 0.6 is 0 Å². The number of benzene rings is 3. The van der Waals surface area contributed by atoms with Crippen LogP contribution in [0.1, 0.15) is 11.1 Å². The monoisotopic (exact) mass is 509 g/mol. The van der Waals surface area contributed by atoms with Gasteiger partial charge in [0.25, 0.3) is 0 Å². The van der Waals surface area contributed by atoms with Crippen molar-refractivity contribution in [2.45, 2.75) is 13.2 Å². The highest BCUT2D eigenvalue weighted by Crippen LogP contribution is 2.47. The molecule has 0 aliphatic carbocycles. The number of ether oxygens (including phenoxy) is 7. The molecule has 0 unspecified atom stereocenters. The first kappa shape index (κ1) is 26.1. The number of rotatable bonds is 11. The zero-order valence-corrected chi connectivity index (χ0v) is 21.9. The number of hydrogen-bond donors (Lipinski definition) is 0. The molecule has 0 spiro atoms. The van der Waals surface area contributed by atoms with E-state index in [4.69, 9.17) is 33.2 Å². The van der Waals surface area contributed by atoms with Gasteiger partial charge in [-0.3, -0.25) is 4.79 Å². The minimum atomic E-state index is -0.248. The highest BCUT2D eigenvalue weighted by molar-refractivity contribution is 6.03. The van der Waals surface area contributed by atoms with E-state index < -0.39 is 0 Å². The fraction of sp³-hybridized carbons (Fsp3) is 0.321. The molecule has 0 bridgehead atoms. The van der Waals surface area contributed by atoms with E-state index in [0.29, 0.717) is 57.0 Å². The third kappa shape index (κ3) is 4.63. The van der Waals surface area contributed by atoms with Gasteiger partial charge in [-0.1, -0.05) is 30.3 Å². The molecule has 9 nitrogen and oxygen atoms in total. The average Bonchev–Trinajstić information content (AvgIpc) is 2.93. The standard InChI is InChI=1S/C28H31NO8/c1-29-22-19(15-36-16-31-2)25(32-3)28(35-6)27(34-5)21(22)24(30)18-12-13-20(26(33-4)23(18)29)37-14-17-10-8-7-9-11-17/h7-13H,14-16H2,1-6H3. The second-order valence-corrected chi connectivity index (χ2v) is 8.21. The Morgan fingerprint density at radius 1 is 0.730 bits per heavy atom. The number of pyridine rings is 1. The van der Waals surface area contributed by atoms with Crippen LogP contribution in [0.5, 0.6) is 28.7 Å². The molecule has 1 heterocycles. The van der Waals surface area contributed by atoms with Gasteiger partial charge in [-0.2, -0.15) is 0 Å². The third-order valence-electron chi connectivity index (χ3n) is 6.18. The Bertz CT molecular complexity index is 1460. The van der Waals surface area contributed by atoms with E-state index in [9.17, 15) is 4.79 Å². The predicted molar refractivity (Wildman–Crippen MR) is 140 cm³/mol. The summed E-state index contributed by atoms with van der Waals surface area (Å²) in [5, 5.41) is 0.777. The summed E-state index contributed by atoms with van der Waals surface area (Å²) in [6, 6.07) is 13.3. The Balaban J connectivity index is 2.05. The Morgan fingerprint density at radius 3 is 2.03 bits per heavy atom. The van der Waals surface area contributed by atoms with Crippen LogP contribution in [-0.4, -0.2) is 46.9 Å². The van der Waals surface area contributed by atoms with Crippen LogP contribution in [0.4, 0.5) is 0 Å². The molecule has 0 saturated carbocycles. The lowest BCUT2D eigenvalue weighted by atomic mass is 10.0. The smallest absolute Gasteiger partial charge is 0.204 e. The van der Waals surface area contributed by atoms with Crippen LogP contribution in [0.15, 0.2) is 47.3 Å². The second kappa shape index (κ2) is 11.4. The van der Waals surface area contributed by atoms with Gasteiger partial charge in [0.05, 0.1) is 56.9 Å². The molecule has 196 valence electrons. The Hall–Kier alpha value is -3.95. The van der Waals surface area contributed by atoms with Crippen molar-refractivity contribution in [1.82, 2.24) is 4.57 Å². The molecule has 0 aliphatic rings. The van der Waals surface area contributed by atoms with Gasteiger partial charge in [0.2, 0.25) is 11.2 Å². The Kier molecular flexibility index (Phi) is 8.05. The lowest BCUT2D eigenvalue weighted by Crippen LogP contribution is -2.15. The summed E-state index contributed by atoms with van der Waals surface area (Å²) in [4.78, 5) is 14.0. The molecule has 4 aromatic rings. The van der Waals surface area contributed by atoms with Crippen LogP contribution in [0.3, 0.4) is 0 Å². The maximum absolute atomic E-state index is 14.0. The molecule has 1 aromatic heterocycles. The predicted octanol–water partition coefficient (Wildman–Crippen LogP) is 4.43. The van der Waals surface area contributed by atoms with E-state index in [-0.39, 0.29) is 24.6 Å². The van der Waals surface area contributed by atoms with Crippen LogP contribution in [0.25, 0.3) is 21.8 Å². The summed E-state index contributed by atoms with van der Waals surface area (Å²) in [5.74, 6) is 1.92. The topological polar surface area (TPSA) is 86.6 Å². The fourth-order valence-corrected chi connectivity index (χ4v) is 4.62. The maximum Gasteiger partial charge on any atom is 0.204 e. The van der Waals surface area contributed by atoms with E-state index in [1.807, 2.05) is 41.9 Å². The Labute approximate surface area is 215 Å². The van der Waals surface area contributed by atoms with Crippen molar-refractivity contribution in [3.63, 3.8) is 0 Å². The normalized spacial score (nSPS) is 11.1. The quantitative estimate of drug-likeness (QED) is 0.167. The first-order valence-electron chi connectivity index (χ1n) is 11.6. The SMILES string of the molecule is COCOCc1c(OC)c(OC)c(OC)c2c(=O)c3ccc(OCc4ccccc4)c(OC)c3n(C)c12. The molecule has 0 N–H and O–H groups in total. The molecule has 0 radical (unpaired) electrons. The van der Waals surface area contributed by atoms with E-state index in [1.165, 1.54) is 28.4 Å². The van der Waals surface area contributed by atoms with E-state index in [1.54, 1.807) is 19.2 Å². The lowest BCUT2D eigenvalue weighted by Gasteiger charge is -2.23. The lowest BCUT2D eigenvalue weighted by molar-refractivity contribution is -0.0392. The zero-order valence-electron chi connectivity index (χ0n) is 21.9. The van der Waals surface area contributed by atoms with Gasteiger partial charge in [-0.25, -0.2) is 0 Å². The van der Waals surface area contributed by atoms with Crippen molar-refractivity contribution in [2.75, 3.05) is 42.3 Å². The molecular weight excluding hydrogens is 478 g/mol. The molecule has 9 heteroatoms. The number of nitrogens with zero attached hydrogens (tertiary/aromatic N) is 1. The maximum atomic E-state index is 14.0. The van der Waals surface area contributed by atoms with Crippen LogP contribution in [0, 0.1) is 0 Å². The number of hydrogen-bond acceptors (Lipinski definition) is 8. The third-order valence-corrected chi connectivity index (χ3v) is 6.18.